The Morgan fingerprint density at radius 3 is 2.65 bits per heavy atom. The van der Waals surface area contributed by atoms with Crippen molar-refractivity contribution in [1.82, 2.24) is 9.80 Å². The summed E-state index contributed by atoms with van der Waals surface area (Å²) >= 11 is 0. The van der Waals surface area contributed by atoms with Gasteiger partial charge in [0.15, 0.2) is 0 Å². The zero-order chi connectivity index (χ0) is 12.7. The van der Waals surface area contributed by atoms with Crippen LogP contribution < -0.4 is 5.73 Å². The highest BCUT2D eigenvalue weighted by Crippen LogP contribution is 2.17. The Kier molecular flexibility index (Phi) is 6.29. The number of urea groups is 1. The Hall–Kier alpha value is -0.810. The van der Waals surface area contributed by atoms with Crippen LogP contribution in [0.3, 0.4) is 0 Å². The highest BCUT2D eigenvalue weighted by atomic mass is 16.5. The van der Waals surface area contributed by atoms with Gasteiger partial charge in [0.1, 0.15) is 0 Å². The van der Waals surface area contributed by atoms with Crippen molar-refractivity contribution in [2.45, 2.75) is 19.8 Å². The van der Waals surface area contributed by atoms with Crippen molar-refractivity contribution in [3.63, 3.8) is 0 Å². The number of nitrogens with zero attached hydrogens (tertiary/aromatic N) is 2. The normalized spacial score (nSPS) is 17.7. The predicted octanol–water partition coefficient (Wildman–Crippen LogP) is 0.745. The molecule has 5 heteroatoms. The summed E-state index contributed by atoms with van der Waals surface area (Å²) in [6.45, 7) is 7.26. The fraction of sp³-hybridized carbons (Fsp3) is 0.917. The molecule has 0 spiro atoms. The van der Waals surface area contributed by atoms with E-state index in [0.717, 1.165) is 52.2 Å². The SMILES string of the molecule is CCOCCN(C)CC1CCN(C(N)=O)CC1. The summed E-state index contributed by atoms with van der Waals surface area (Å²) in [5, 5.41) is 0. The highest BCUT2D eigenvalue weighted by Gasteiger charge is 2.21. The van der Waals surface area contributed by atoms with E-state index >= 15 is 0 Å². The second-order valence-corrected chi connectivity index (χ2v) is 4.73. The number of ether oxygens (including phenoxy) is 1. The van der Waals surface area contributed by atoms with Gasteiger partial charge < -0.3 is 20.3 Å². The summed E-state index contributed by atoms with van der Waals surface area (Å²) in [5.74, 6) is 0.678. The van der Waals surface area contributed by atoms with Crippen molar-refractivity contribution in [3.05, 3.63) is 0 Å². The molecule has 0 aromatic rings. The van der Waals surface area contributed by atoms with Crippen molar-refractivity contribution < 1.29 is 9.53 Å². The number of hydrogen-bond acceptors (Lipinski definition) is 3. The summed E-state index contributed by atoms with van der Waals surface area (Å²) in [4.78, 5) is 15.0. The molecule has 0 aromatic carbocycles. The fourth-order valence-electron chi connectivity index (χ4n) is 2.23. The maximum absolute atomic E-state index is 11.0. The third kappa shape index (κ3) is 5.37. The van der Waals surface area contributed by atoms with Gasteiger partial charge in [0.25, 0.3) is 0 Å². The average Bonchev–Trinajstić information content (AvgIpc) is 2.30. The van der Waals surface area contributed by atoms with Gasteiger partial charge in [-0.3, -0.25) is 0 Å². The van der Waals surface area contributed by atoms with Gasteiger partial charge in [-0.15, -0.1) is 0 Å². The van der Waals surface area contributed by atoms with Gasteiger partial charge in [-0.2, -0.15) is 0 Å². The lowest BCUT2D eigenvalue weighted by molar-refractivity contribution is 0.108. The summed E-state index contributed by atoms with van der Waals surface area (Å²) in [5.41, 5.74) is 5.25. The molecular formula is C12H25N3O2. The number of rotatable bonds is 6. The maximum atomic E-state index is 11.0. The molecule has 100 valence electrons. The van der Waals surface area contributed by atoms with Gasteiger partial charge in [0, 0.05) is 32.8 Å². The molecule has 0 unspecified atom stereocenters. The predicted molar refractivity (Wildman–Crippen MR) is 67.9 cm³/mol. The van der Waals surface area contributed by atoms with Gasteiger partial charge in [-0.1, -0.05) is 0 Å². The second kappa shape index (κ2) is 7.50. The average molecular weight is 243 g/mol. The van der Waals surface area contributed by atoms with Crippen molar-refractivity contribution in [2.75, 3.05) is 46.4 Å². The first kappa shape index (κ1) is 14.3. The Morgan fingerprint density at radius 2 is 2.12 bits per heavy atom. The number of carbonyl (C=O) groups is 1. The Morgan fingerprint density at radius 1 is 1.47 bits per heavy atom. The van der Waals surface area contributed by atoms with E-state index in [9.17, 15) is 4.79 Å². The Balaban J connectivity index is 2.14. The van der Waals surface area contributed by atoms with E-state index in [1.54, 1.807) is 4.90 Å². The molecule has 1 aliphatic rings. The van der Waals surface area contributed by atoms with Crippen molar-refractivity contribution in [2.24, 2.45) is 11.7 Å². The van der Waals surface area contributed by atoms with Gasteiger partial charge in [0.05, 0.1) is 6.61 Å². The van der Waals surface area contributed by atoms with Crippen LogP contribution in [0.4, 0.5) is 4.79 Å². The minimum Gasteiger partial charge on any atom is -0.380 e. The molecule has 0 aliphatic carbocycles. The van der Waals surface area contributed by atoms with Crippen molar-refractivity contribution in [3.8, 4) is 0 Å². The Bertz CT molecular complexity index is 228. The first-order chi connectivity index (χ1) is 8.13. The van der Waals surface area contributed by atoms with Gasteiger partial charge >= 0.3 is 6.03 Å². The van der Waals surface area contributed by atoms with Crippen molar-refractivity contribution in [1.29, 1.82) is 0 Å². The smallest absolute Gasteiger partial charge is 0.314 e. The molecule has 0 saturated carbocycles. The quantitative estimate of drug-likeness (QED) is 0.700. The molecule has 1 fully saturated rings. The maximum Gasteiger partial charge on any atom is 0.314 e. The number of hydrogen-bond donors (Lipinski definition) is 1. The van der Waals surface area contributed by atoms with Crippen LogP contribution in [0.5, 0.6) is 0 Å². The lowest BCUT2D eigenvalue weighted by atomic mass is 9.96. The molecule has 0 aromatic heterocycles. The first-order valence-corrected chi connectivity index (χ1v) is 6.44. The number of likely N-dealkylation sites (tertiary alicyclic amines) is 1. The zero-order valence-corrected chi connectivity index (χ0v) is 11.0. The monoisotopic (exact) mass is 243 g/mol. The van der Waals surface area contributed by atoms with Crippen LogP contribution in [0.15, 0.2) is 0 Å². The van der Waals surface area contributed by atoms with Gasteiger partial charge in [-0.05, 0) is 32.7 Å². The third-order valence-electron chi connectivity index (χ3n) is 3.32. The van der Waals surface area contributed by atoms with E-state index in [0.29, 0.717) is 5.92 Å². The largest absolute Gasteiger partial charge is 0.380 e. The molecular weight excluding hydrogens is 218 g/mol. The fourth-order valence-corrected chi connectivity index (χ4v) is 2.23. The van der Waals surface area contributed by atoms with Crippen LogP contribution in [-0.2, 0) is 4.74 Å². The van der Waals surface area contributed by atoms with Crippen LogP contribution in [0.2, 0.25) is 0 Å². The molecule has 2 N–H and O–H groups in total. The van der Waals surface area contributed by atoms with Gasteiger partial charge in [-0.25, -0.2) is 4.79 Å². The summed E-state index contributed by atoms with van der Waals surface area (Å²) in [7, 11) is 2.12. The molecule has 1 aliphatic heterocycles. The summed E-state index contributed by atoms with van der Waals surface area (Å²) in [6, 6.07) is -0.284. The van der Waals surface area contributed by atoms with Crippen LogP contribution in [-0.4, -0.2) is 62.3 Å². The van der Waals surface area contributed by atoms with Crippen molar-refractivity contribution >= 4 is 6.03 Å². The number of nitrogens with two attached hydrogens (primary N) is 1. The van der Waals surface area contributed by atoms with E-state index in [-0.39, 0.29) is 6.03 Å². The highest BCUT2D eigenvalue weighted by molar-refractivity contribution is 5.72. The number of primary amides is 1. The van der Waals surface area contributed by atoms with Crippen LogP contribution in [0.1, 0.15) is 19.8 Å². The minimum absolute atomic E-state index is 0.284. The van der Waals surface area contributed by atoms with E-state index in [1.165, 1.54) is 0 Å². The minimum atomic E-state index is -0.284. The molecule has 1 heterocycles. The topological polar surface area (TPSA) is 58.8 Å². The van der Waals surface area contributed by atoms with E-state index in [1.807, 2.05) is 6.92 Å². The summed E-state index contributed by atoms with van der Waals surface area (Å²) in [6.07, 6.45) is 2.11. The first-order valence-electron chi connectivity index (χ1n) is 6.44. The van der Waals surface area contributed by atoms with E-state index in [4.69, 9.17) is 10.5 Å². The molecule has 0 atom stereocenters. The van der Waals surface area contributed by atoms with Gasteiger partial charge in [0.2, 0.25) is 0 Å². The molecule has 17 heavy (non-hydrogen) atoms. The zero-order valence-electron chi connectivity index (χ0n) is 11.0. The molecule has 0 bridgehead atoms. The molecule has 0 radical (unpaired) electrons. The molecule has 2 amide bonds. The molecule has 1 saturated heterocycles. The van der Waals surface area contributed by atoms with E-state index in [2.05, 4.69) is 11.9 Å². The molecule has 1 rings (SSSR count). The van der Waals surface area contributed by atoms with E-state index < -0.39 is 0 Å². The standard InChI is InChI=1S/C12H25N3O2/c1-3-17-9-8-14(2)10-11-4-6-15(7-5-11)12(13)16/h11H,3-10H2,1-2H3,(H2,13,16). The van der Waals surface area contributed by atoms with Crippen LogP contribution >= 0.6 is 0 Å². The lowest BCUT2D eigenvalue weighted by Gasteiger charge is -2.32. The second-order valence-electron chi connectivity index (χ2n) is 4.73. The summed E-state index contributed by atoms with van der Waals surface area (Å²) < 4.78 is 5.33. The number of likely N-dealkylation sites (N-methyl/N-ethyl adjacent to an activating group) is 1. The van der Waals surface area contributed by atoms with Crippen LogP contribution in [0, 0.1) is 5.92 Å². The van der Waals surface area contributed by atoms with Crippen LogP contribution in [0.25, 0.3) is 0 Å². The molecule has 5 nitrogen and oxygen atoms in total. The Labute approximate surface area is 104 Å². The third-order valence-corrected chi connectivity index (χ3v) is 3.32. The number of carbonyl (C=O) groups excluding carboxylic acids is 1. The number of piperidine rings is 1. The number of amides is 2. The lowest BCUT2D eigenvalue weighted by Crippen LogP contribution is -2.43.